The molecule has 116 valence electrons. The molecule has 0 radical (unpaired) electrons. The first-order valence-corrected chi connectivity index (χ1v) is 8.43. The Hall–Kier alpha value is -1.47. The summed E-state index contributed by atoms with van der Waals surface area (Å²) < 4.78 is 26.8. The number of nitro benzene ring substituents is 1. The van der Waals surface area contributed by atoms with Crippen LogP contribution in [0.5, 0.6) is 0 Å². The van der Waals surface area contributed by atoms with Gasteiger partial charge >= 0.3 is 0 Å². The number of nitrogens with zero attached hydrogens (tertiary/aromatic N) is 2. The zero-order valence-electron chi connectivity index (χ0n) is 12.5. The molecule has 1 aromatic carbocycles. The Morgan fingerprint density at radius 2 is 2.00 bits per heavy atom. The number of hydrogen-bond donors (Lipinski definition) is 0. The van der Waals surface area contributed by atoms with Crippen molar-refractivity contribution >= 4 is 15.7 Å². The first-order chi connectivity index (χ1) is 9.73. The Labute approximate surface area is 125 Å². The molecule has 0 spiro atoms. The molecule has 0 N–H and O–H groups in total. The zero-order valence-corrected chi connectivity index (χ0v) is 13.3. The molecule has 0 aliphatic carbocycles. The van der Waals surface area contributed by atoms with Crippen LogP contribution < -0.4 is 0 Å². The smallest absolute Gasteiger partial charge is 0.258 e. The molecule has 1 aliphatic rings. The van der Waals surface area contributed by atoms with Crippen LogP contribution in [0.3, 0.4) is 0 Å². The van der Waals surface area contributed by atoms with Crippen LogP contribution in [0.4, 0.5) is 5.69 Å². The largest absolute Gasteiger partial charge is 0.273 e. The summed E-state index contributed by atoms with van der Waals surface area (Å²) in [5.41, 5.74) is 0.984. The number of sulfonamides is 1. The molecule has 21 heavy (non-hydrogen) atoms. The Kier molecular flexibility index (Phi) is 4.34. The fourth-order valence-corrected chi connectivity index (χ4v) is 4.37. The SMILES string of the molecule is Cc1cc(S(=O)(=O)N2CCCC(C)C2)cc([N+](=O)[O-])c1C. The molecule has 0 bridgehead atoms. The summed E-state index contributed by atoms with van der Waals surface area (Å²) in [7, 11) is -3.66. The second-order valence-electron chi connectivity index (χ2n) is 5.75. The van der Waals surface area contributed by atoms with Crippen molar-refractivity contribution in [3.63, 3.8) is 0 Å². The lowest BCUT2D eigenvalue weighted by Gasteiger charge is -2.30. The van der Waals surface area contributed by atoms with Crippen molar-refractivity contribution < 1.29 is 13.3 Å². The number of benzene rings is 1. The summed E-state index contributed by atoms with van der Waals surface area (Å²) in [6, 6.07) is 2.70. The lowest BCUT2D eigenvalue weighted by molar-refractivity contribution is -0.385. The third-order valence-electron chi connectivity index (χ3n) is 4.07. The van der Waals surface area contributed by atoms with E-state index in [1.54, 1.807) is 13.8 Å². The molecule has 1 saturated heterocycles. The van der Waals surface area contributed by atoms with Crippen LogP contribution in [-0.4, -0.2) is 30.7 Å². The number of rotatable bonds is 3. The molecule has 1 atom stereocenters. The van der Waals surface area contributed by atoms with Crippen molar-refractivity contribution in [2.45, 2.75) is 38.5 Å². The van der Waals surface area contributed by atoms with Gasteiger partial charge in [0.1, 0.15) is 0 Å². The zero-order chi connectivity index (χ0) is 15.8. The van der Waals surface area contributed by atoms with E-state index in [4.69, 9.17) is 0 Å². The third-order valence-corrected chi connectivity index (χ3v) is 5.91. The summed E-state index contributed by atoms with van der Waals surface area (Å²) in [5.74, 6) is 0.315. The average Bonchev–Trinajstić information content (AvgIpc) is 2.41. The van der Waals surface area contributed by atoms with E-state index in [2.05, 4.69) is 0 Å². The van der Waals surface area contributed by atoms with Gasteiger partial charge in [0.25, 0.3) is 5.69 Å². The molecular formula is C14H20N2O4S. The summed E-state index contributed by atoms with van der Waals surface area (Å²) >= 11 is 0. The van der Waals surface area contributed by atoms with Crippen LogP contribution in [0, 0.1) is 29.9 Å². The van der Waals surface area contributed by atoms with Gasteiger partial charge in [-0.15, -0.1) is 0 Å². The van der Waals surface area contributed by atoms with Crippen molar-refractivity contribution in [1.29, 1.82) is 0 Å². The highest BCUT2D eigenvalue weighted by Crippen LogP contribution is 2.29. The van der Waals surface area contributed by atoms with Crippen molar-refractivity contribution in [2.75, 3.05) is 13.1 Å². The molecule has 7 heteroatoms. The van der Waals surface area contributed by atoms with Crippen LogP contribution in [0.2, 0.25) is 0 Å². The maximum atomic E-state index is 12.7. The Morgan fingerprint density at radius 3 is 2.57 bits per heavy atom. The van der Waals surface area contributed by atoms with E-state index in [0.717, 1.165) is 12.8 Å². The van der Waals surface area contributed by atoms with Gasteiger partial charge in [0.2, 0.25) is 10.0 Å². The van der Waals surface area contributed by atoms with Gasteiger partial charge in [0.15, 0.2) is 0 Å². The first kappa shape index (κ1) is 15.9. The molecular weight excluding hydrogens is 292 g/mol. The molecule has 0 amide bonds. The molecule has 0 saturated carbocycles. The molecule has 1 aliphatic heterocycles. The normalized spacial score (nSPS) is 20.4. The minimum Gasteiger partial charge on any atom is -0.258 e. The van der Waals surface area contributed by atoms with Crippen LogP contribution in [-0.2, 0) is 10.0 Å². The fourth-order valence-electron chi connectivity index (χ4n) is 2.66. The van der Waals surface area contributed by atoms with Gasteiger partial charge in [-0.25, -0.2) is 8.42 Å². The van der Waals surface area contributed by atoms with Gasteiger partial charge in [-0.05, 0) is 44.2 Å². The van der Waals surface area contributed by atoms with E-state index in [9.17, 15) is 18.5 Å². The van der Waals surface area contributed by atoms with Crippen LogP contribution in [0.25, 0.3) is 0 Å². The third kappa shape index (κ3) is 3.08. The molecule has 1 unspecified atom stereocenters. The second kappa shape index (κ2) is 5.73. The Bertz CT molecular complexity index is 670. The molecule has 2 rings (SSSR count). The van der Waals surface area contributed by atoms with Crippen LogP contribution >= 0.6 is 0 Å². The number of aryl methyl sites for hydroxylation is 1. The Morgan fingerprint density at radius 1 is 1.33 bits per heavy atom. The number of nitro groups is 1. The maximum Gasteiger partial charge on any atom is 0.273 e. The average molecular weight is 312 g/mol. The van der Waals surface area contributed by atoms with Crippen LogP contribution in [0.15, 0.2) is 17.0 Å². The van der Waals surface area contributed by atoms with Crippen molar-refractivity contribution in [3.05, 3.63) is 33.4 Å². The lowest BCUT2D eigenvalue weighted by Crippen LogP contribution is -2.39. The molecule has 0 aromatic heterocycles. The van der Waals surface area contributed by atoms with Gasteiger partial charge in [0, 0.05) is 24.7 Å². The summed E-state index contributed by atoms with van der Waals surface area (Å²) in [4.78, 5) is 10.6. The highest BCUT2D eigenvalue weighted by Gasteiger charge is 2.30. The van der Waals surface area contributed by atoms with E-state index in [1.165, 1.54) is 16.4 Å². The van der Waals surface area contributed by atoms with E-state index < -0.39 is 14.9 Å². The summed E-state index contributed by atoms with van der Waals surface area (Å²) in [6.07, 6.45) is 1.84. The van der Waals surface area contributed by atoms with E-state index in [0.29, 0.717) is 30.1 Å². The van der Waals surface area contributed by atoms with Crippen molar-refractivity contribution in [1.82, 2.24) is 4.31 Å². The van der Waals surface area contributed by atoms with Gasteiger partial charge < -0.3 is 0 Å². The first-order valence-electron chi connectivity index (χ1n) is 6.99. The fraction of sp³-hybridized carbons (Fsp3) is 0.571. The highest BCUT2D eigenvalue weighted by atomic mass is 32.2. The van der Waals surface area contributed by atoms with Crippen LogP contribution in [0.1, 0.15) is 30.9 Å². The number of piperidine rings is 1. The van der Waals surface area contributed by atoms with E-state index in [1.807, 2.05) is 6.92 Å². The quantitative estimate of drug-likeness (QED) is 0.634. The molecule has 1 aromatic rings. The topological polar surface area (TPSA) is 80.5 Å². The van der Waals surface area contributed by atoms with Gasteiger partial charge in [-0.3, -0.25) is 10.1 Å². The highest BCUT2D eigenvalue weighted by molar-refractivity contribution is 7.89. The summed E-state index contributed by atoms with van der Waals surface area (Å²) in [6.45, 7) is 6.30. The van der Waals surface area contributed by atoms with Gasteiger partial charge in [0.05, 0.1) is 9.82 Å². The second-order valence-corrected chi connectivity index (χ2v) is 7.69. The summed E-state index contributed by atoms with van der Waals surface area (Å²) in [5, 5.41) is 11.1. The molecule has 6 nitrogen and oxygen atoms in total. The van der Waals surface area contributed by atoms with E-state index in [-0.39, 0.29) is 10.6 Å². The Balaban J connectivity index is 2.47. The number of hydrogen-bond acceptors (Lipinski definition) is 4. The molecule has 1 fully saturated rings. The monoisotopic (exact) mass is 312 g/mol. The van der Waals surface area contributed by atoms with E-state index >= 15 is 0 Å². The van der Waals surface area contributed by atoms with Crippen molar-refractivity contribution in [2.24, 2.45) is 5.92 Å². The standard InChI is InChI=1S/C14H20N2O4S/c1-10-5-4-6-15(9-10)21(19,20)13-7-11(2)12(3)14(8-13)16(17)18/h7-8,10H,4-6,9H2,1-3H3. The predicted octanol–water partition coefficient (Wildman–Crippen LogP) is 2.63. The predicted molar refractivity (Wildman–Crippen MR) is 79.7 cm³/mol. The van der Waals surface area contributed by atoms with Gasteiger partial charge in [-0.2, -0.15) is 4.31 Å². The van der Waals surface area contributed by atoms with Gasteiger partial charge in [-0.1, -0.05) is 6.92 Å². The maximum absolute atomic E-state index is 12.7. The molecule has 1 heterocycles. The lowest BCUT2D eigenvalue weighted by atomic mass is 10.0. The van der Waals surface area contributed by atoms with Crippen molar-refractivity contribution in [3.8, 4) is 0 Å². The minimum atomic E-state index is -3.66. The minimum absolute atomic E-state index is 0.0198.